The predicted molar refractivity (Wildman–Crippen MR) is 95.8 cm³/mol. The Hall–Kier alpha value is -3.22. The van der Waals surface area contributed by atoms with E-state index in [1.165, 1.54) is 15.0 Å². The van der Waals surface area contributed by atoms with Crippen LogP contribution in [0, 0.1) is 12.3 Å². The SMILES string of the molecule is C=CCn1c(=N)c(C(=O)NCC)cc2c(=O)n3cccc(C)c3nc21. The third kappa shape index (κ3) is 2.63. The van der Waals surface area contributed by atoms with Crippen molar-refractivity contribution in [3.8, 4) is 0 Å². The van der Waals surface area contributed by atoms with Crippen LogP contribution in [0.1, 0.15) is 22.8 Å². The largest absolute Gasteiger partial charge is 0.352 e. The average molecular weight is 337 g/mol. The summed E-state index contributed by atoms with van der Waals surface area (Å²) in [6.45, 7) is 8.08. The Morgan fingerprint density at radius 3 is 2.88 bits per heavy atom. The molecule has 0 aliphatic carbocycles. The van der Waals surface area contributed by atoms with Crippen molar-refractivity contribution in [2.75, 3.05) is 6.54 Å². The van der Waals surface area contributed by atoms with Crippen LogP contribution in [0.15, 0.2) is 41.8 Å². The van der Waals surface area contributed by atoms with Crippen molar-refractivity contribution in [2.24, 2.45) is 0 Å². The number of amides is 1. The van der Waals surface area contributed by atoms with Gasteiger partial charge in [-0.05, 0) is 31.5 Å². The van der Waals surface area contributed by atoms with Crippen LogP contribution in [0.5, 0.6) is 0 Å². The molecule has 3 aromatic rings. The summed E-state index contributed by atoms with van der Waals surface area (Å²) in [4.78, 5) is 29.8. The third-order valence-electron chi connectivity index (χ3n) is 4.03. The van der Waals surface area contributed by atoms with Crippen molar-refractivity contribution >= 4 is 22.6 Å². The second-order valence-electron chi connectivity index (χ2n) is 5.70. The number of fused-ring (bicyclic) bond motifs is 2. The summed E-state index contributed by atoms with van der Waals surface area (Å²) in [7, 11) is 0. The fraction of sp³-hybridized carbons (Fsp3) is 0.222. The topological polar surface area (TPSA) is 92.2 Å². The van der Waals surface area contributed by atoms with Crippen molar-refractivity contribution in [3.63, 3.8) is 0 Å². The quantitative estimate of drug-likeness (QED) is 0.556. The number of hydrogen-bond acceptors (Lipinski definition) is 4. The van der Waals surface area contributed by atoms with Crippen LogP contribution in [0.2, 0.25) is 0 Å². The Kier molecular flexibility index (Phi) is 4.22. The van der Waals surface area contributed by atoms with Gasteiger partial charge in [0.05, 0.1) is 10.9 Å². The van der Waals surface area contributed by atoms with E-state index in [9.17, 15) is 9.59 Å². The van der Waals surface area contributed by atoms with Gasteiger partial charge in [0.25, 0.3) is 11.5 Å². The summed E-state index contributed by atoms with van der Waals surface area (Å²) in [5.41, 5.74) is 1.63. The van der Waals surface area contributed by atoms with Gasteiger partial charge in [-0.2, -0.15) is 0 Å². The number of allylic oxidation sites excluding steroid dienone is 1. The van der Waals surface area contributed by atoms with Gasteiger partial charge < -0.3 is 9.88 Å². The highest BCUT2D eigenvalue weighted by Crippen LogP contribution is 2.12. The molecule has 0 saturated heterocycles. The highest BCUT2D eigenvalue weighted by molar-refractivity contribution is 5.96. The normalized spacial score (nSPS) is 11.0. The van der Waals surface area contributed by atoms with Crippen LogP contribution in [-0.4, -0.2) is 26.4 Å². The van der Waals surface area contributed by atoms with Crippen LogP contribution in [0.4, 0.5) is 0 Å². The standard InChI is InChI=1S/C18H19N5O2/c1-4-8-22-14(19)12(17(24)20-5-2)10-13-16(22)21-15-11(3)7-6-9-23(15)18(13)25/h4,6-7,9-10,19H,1,5,8H2,2-3H3,(H,20,24). The van der Waals surface area contributed by atoms with E-state index < -0.39 is 0 Å². The molecule has 128 valence electrons. The summed E-state index contributed by atoms with van der Waals surface area (Å²) in [6.07, 6.45) is 3.26. The molecule has 0 fully saturated rings. The van der Waals surface area contributed by atoms with E-state index in [1.54, 1.807) is 25.3 Å². The third-order valence-corrected chi connectivity index (χ3v) is 4.03. The maximum atomic E-state index is 12.9. The van der Waals surface area contributed by atoms with Gasteiger partial charge in [-0.3, -0.25) is 19.4 Å². The Balaban J connectivity index is 2.51. The first-order chi connectivity index (χ1) is 12.0. The number of nitrogens with zero attached hydrogens (tertiary/aromatic N) is 3. The number of carbonyl (C=O) groups excluding carboxylic acids is 1. The molecule has 0 radical (unpaired) electrons. The zero-order valence-electron chi connectivity index (χ0n) is 14.2. The van der Waals surface area contributed by atoms with Gasteiger partial charge in [-0.1, -0.05) is 12.1 Å². The molecule has 0 atom stereocenters. The lowest BCUT2D eigenvalue weighted by molar-refractivity contribution is 0.0953. The predicted octanol–water partition coefficient (Wildman–Crippen LogP) is 1.37. The van der Waals surface area contributed by atoms with Crippen LogP contribution >= 0.6 is 0 Å². The van der Waals surface area contributed by atoms with Crippen LogP contribution < -0.4 is 16.4 Å². The van der Waals surface area contributed by atoms with Gasteiger partial charge >= 0.3 is 0 Å². The van der Waals surface area contributed by atoms with Crippen LogP contribution in [0.25, 0.3) is 16.7 Å². The molecule has 7 nitrogen and oxygen atoms in total. The monoisotopic (exact) mass is 337 g/mol. The zero-order valence-corrected chi connectivity index (χ0v) is 14.2. The van der Waals surface area contributed by atoms with Gasteiger partial charge in [-0.15, -0.1) is 6.58 Å². The second-order valence-corrected chi connectivity index (χ2v) is 5.70. The Morgan fingerprint density at radius 2 is 2.20 bits per heavy atom. The number of aromatic nitrogens is 3. The molecular formula is C18H19N5O2. The fourth-order valence-corrected chi connectivity index (χ4v) is 2.83. The van der Waals surface area contributed by atoms with Gasteiger partial charge in [0, 0.05) is 19.3 Å². The van der Waals surface area contributed by atoms with Gasteiger partial charge in [0.15, 0.2) is 0 Å². The van der Waals surface area contributed by atoms with Gasteiger partial charge in [-0.25, -0.2) is 4.98 Å². The van der Waals surface area contributed by atoms with Crippen molar-refractivity contribution < 1.29 is 4.79 Å². The molecule has 0 aliphatic heterocycles. The number of nitrogens with one attached hydrogen (secondary N) is 2. The Morgan fingerprint density at radius 1 is 1.44 bits per heavy atom. The lowest BCUT2D eigenvalue weighted by atomic mass is 10.2. The van der Waals surface area contributed by atoms with E-state index in [2.05, 4.69) is 16.9 Å². The molecule has 25 heavy (non-hydrogen) atoms. The Labute approximate surface area is 143 Å². The van der Waals surface area contributed by atoms with E-state index in [0.717, 1.165) is 5.56 Å². The maximum absolute atomic E-state index is 12.9. The molecule has 2 N–H and O–H groups in total. The van der Waals surface area contributed by atoms with E-state index >= 15 is 0 Å². The molecule has 0 unspecified atom stereocenters. The van der Waals surface area contributed by atoms with E-state index in [1.807, 2.05) is 13.0 Å². The number of rotatable bonds is 4. The molecule has 0 aliphatic rings. The number of pyridine rings is 2. The molecule has 1 amide bonds. The molecule has 3 heterocycles. The van der Waals surface area contributed by atoms with Gasteiger partial charge in [0.1, 0.15) is 16.8 Å². The summed E-state index contributed by atoms with van der Waals surface area (Å²) in [5, 5.41) is 11.3. The van der Waals surface area contributed by atoms with Crippen molar-refractivity contribution in [1.82, 2.24) is 19.3 Å². The summed E-state index contributed by atoms with van der Waals surface area (Å²) in [5.74, 6) is -0.388. The first-order valence-corrected chi connectivity index (χ1v) is 7.98. The second kappa shape index (κ2) is 6.35. The molecule has 3 aromatic heterocycles. The summed E-state index contributed by atoms with van der Waals surface area (Å²) >= 11 is 0. The van der Waals surface area contributed by atoms with E-state index in [-0.39, 0.29) is 29.1 Å². The minimum Gasteiger partial charge on any atom is -0.352 e. The molecule has 0 aromatic carbocycles. The molecule has 0 spiro atoms. The van der Waals surface area contributed by atoms with E-state index in [0.29, 0.717) is 23.2 Å². The number of carbonyl (C=O) groups is 1. The highest BCUT2D eigenvalue weighted by atomic mass is 16.1. The minimum atomic E-state index is -0.388. The van der Waals surface area contributed by atoms with Crippen LogP contribution in [-0.2, 0) is 6.54 Å². The van der Waals surface area contributed by atoms with Gasteiger partial charge in [0.2, 0.25) is 0 Å². The molecule has 0 bridgehead atoms. The van der Waals surface area contributed by atoms with Crippen molar-refractivity contribution in [2.45, 2.75) is 20.4 Å². The maximum Gasteiger partial charge on any atom is 0.267 e. The summed E-state index contributed by atoms with van der Waals surface area (Å²) in [6, 6.07) is 5.10. The fourth-order valence-electron chi connectivity index (χ4n) is 2.83. The lowest BCUT2D eigenvalue weighted by Crippen LogP contribution is -2.34. The minimum absolute atomic E-state index is 0.00295. The summed E-state index contributed by atoms with van der Waals surface area (Å²) < 4.78 is 2.99. The molecule has 0 saturated carbocycles. The first kappa shape index (κ1) is 16.6. The molecule has 7 heteroatoms. The highest BCUT2D eigenvalue weighted by Gasteiger charge is 2.17. The Bertz CT molecular complexity index is 1120. The molecular weight excluding hydrogens is 318 g/mol. The number of aryl methyl sites for hydroxylation is 1. The van der Waals surface area contributed by atoms with Crippen molar-refractivity contribution in [3.05, 3.63) is 64.0 Å². The average Bonchev–Trinajstić information content (AvgIpc) is 2.59. The number of hydrogen-bond donors (Lipinski definition) is 2. The van der Waals surface area contributed by atoms with E-state index in [4.69, 9.17) is 5.41 Å². The van der Waals surface area contributed by atoms with Crippen molar-refractivity contribution in [1.29, 1.82) is 5.41 Å². The first-order valence-electron chi connectivity index (χ1n) is 7.98. The van der Waals surface area contributed by atoms with Crippen LogP contribution in [0.3, 0.4) is 0 Å². The zero-order chi connectivity index (χ0) is 18.1. The smallest absolute Gasteiger partial charge is 0.267 e. The lowest BCUT2D eigenvalue weighted by Gasteiger charge is -2.13. The molecule has 3 rings (SSSR count).